The molecule has 1 aromatic carbocycles. The van der Waals surface area contributed by atoms with E-state index in [0.717, 1.165) is 22.6 Å². The van der Waals surface area contributed by atoms with Crippen LogP contribution in [-0.4, -0.2) is 14.8 Å². The van der Waals surface area contributed by atoms with E-state index in [9.17, 15) is 0 Å². The number of hydrogen-bond acceptors (Lipinski definition) is 3. The van der Waals surface area contributed by atoms with E-state index in [1.807, 2.05) is 34.9 Å². The molecular weight excluding hydrogens is 246 g/mol. The maximum Gasteiger partial charge on any atom is 0.198 e. The van der Waals surface area contributed by atoms with Gasteiger partial charge in [0.1, 0.15) is 5.58 Å². The molecule has 0 aliphatic carbocycles. The van der Waals surface area contributed by atoms with Gasteiger partial charge in [0.15, 0.2) is 16.4 Å². The Labute approximate surface area is 109 Å². The van der Waals surface area contributed by atoms with Crippen molar-refractivity contribution in [2.45, 2.75) is 19.9 Å². The average molecular weight is 259 g/mol. The molecular formula is C13H13N3OS. The van der Waals surface area contributed by atoms with Crippen molar-refractivity contribution in [2.75, 3.05) is 0 Å². The molecule has 0 atom stereocenters. The van der Waals surface area contributed by atoms with Gasteiger partial charge in [-0.1, -0.05) is 18.2 Å². The number of aromatic amines is 1. The number of furan rings is 1. The number of nitrogens with zero attached hydrogens (tertiary/aromatic N) is 2. The quantitative estimate of drug-likeness (QED) is 0.709. The summed E-state index contributed by atoms with van der Waals surface area (Å²) in [5.41, 5.74) is 0.858. The predicted molar refractivity (Wildman–Crippen MR) is 73.0 cm³/mol. The smallest absolute Gasteiger partial charge is 0.198 e. The lowest BCUT2D eigenvalue weighted by molar-refractivity contribution is 0.570. The maximum absolute atomic E-state index is 5.81. The Kier molecular flexibility index (Phi) is 2.56. The second-order valence-electron chi connectivity index (χ2n) is 4.46. The topological polar surface area (TPSA) is 46.8 Å². The normalized spacial score (nSPS) is 11.5. The van der Waals surface area contributed by atoms with Gasteiger partial charge in [0, 0.05) is 11.4 Å². The lowest BCUT2D eigenvalue weighted by Gasteiger charge is -2.07. The van der Waals surface area contributed by atoms with Crippen LogP contribution in [0.25, 0.3) is 22.6 Å². The molecule has 0 spiro atoms. The van der Waals surface area contributed by atoms with Gasteiger partial charge < -0.3 is 4.42 Å². The van der Waals surface area contributed by atoms with Gasteiger partial charge in [0.25, 0.3) is 0 Å². The van der Waals surface area contributed by atoms with Crippen LogP contribution < -0.4 is 0 Å². The summed E-state index contributed by atoms with van der Waals surface area (Å²) in [6.07, 6.45) is 0. The van der Waals surface area contributed by atoms with Gasteiger partial charge in [-0.15, -0.1) is 0 Å². The Morgan fingerprint density at radius 3 is 2.83 bits per heavy atom. The van der Waals surface area contributed by atoms with Crippen molar-refractivity contribution in [3.05, 3.63) is 35.1 Å². The number of H-pyrrole nitrogens is 1. The van der Waals surface area contributed by atoms with Crippen LogP contribution >= 0.6 is 12.2 Å². The SMILES string of the molecule is CC(C)n1c(-c2cc3ccccc3o2)n[nH]c1=S. The van der Waals surface area contributed by atoms with Crippen molar-refractivity contribution in [3.63, 3.8) is 0 Å². The van der Waals surface area contributed by atoms with Crippen molar-refractivity contribution in [1.29, 1.82) is 0 Å². The number of para-hydroxylation sites is 1. The van der Waals surface area contributed by atoms with Crippen LogP contribution in [0.2, 0.25) is 0 Å². The fourth-order valence-electron chi connectivity index (χ4n) is 2.05. The second kappa shape index (κ2) is 4.10. The summed E-state index contributed by atoms with van der Waals surface area (Å²) in [7, 11) is 0. The van der Waals surface area contributed by atoms with E-state index < -0.39 is 0 Å². The third kappa shape index (κ3) is 1.67. The molecule has 4 nitrogen and oxygen atoms in total. The third-order valence-corrected chi connectivity index (χ3v) is 3.15. The summed E-state index contributed by atoms with van der Waals surface area (Å²) in [6.45, 7) is 4.13. The monoisotopic (exact) mass is 259 g/mol. The highest BCUT2D eigenvalue weighted by atomic mass is 32.1. The van der Waals surface area contributed by atoms with Gasteiger partial charge in [0.05, 0.1) is 0 Å². The Hall–Kier alpha value is -1.88. The van der Waals surface area contributed by atoms with E-state index in [2.05, 4.69) is 24.0 Å². The lowest BCUT2D eigenvalue weighted by atomic mass is 10.2. The van der Waals surface area contributed by atoms with Gasteiger partial charge >= 0.3 is 0 Å². The van der Waals surface area contributed by atoms with E-state index in [0.29, 0.717) is 4.77 Å². The first-order chi connectivity index (χ1) is 8.66. The van der Waals surface area contributed by atoms with Crippen molar-refractivity contribution in [1.82, 2.24) is 14.8 Å². The molecule has 1 N–H and O–H groups in total. The molecule has 0 saturated carbocycles. The Balaban J connectivity index is 2.23. The second-order valence-corrected chi connectivity index (χ2v) is 4.85. The fourth-order valence-corrected chi connectivity index (χ4v) is 2.39. The molecule has 92 valence electrons. The van der Waals surface area contributed by atoms with E-state index in [1.54, 1.807) is 0 Å². The maximum atomic E-state index is 5.81. The highest BCUT2D eigenvalue weighted by Crippen LogP contribution is 2.27. The van der Waals surface area contributed by atoms with Crippen molar-refractivity contribution in [3.8, 4) is 11.6 Å². The first kappa shape index (κ1) is 11.2. The van der Waals surface area contributed by atoms with Crippen molar-refractivity contribution >= 4 is 23.2 Å². The van der Waals surface area contributed by atoms with Crippen LogP contribution in [0.1, 0.15) is 19.9 Å². The molecule has 5 heteroatoms. The van der Waals surface area contributed by atoms with Gasteiger partial charge in [-0.2, -0.15) is 5.10 Å². The zero-order valence-electron chi connectivity index (χ0n) is 10.2. The molecule has 0 fully saturated rings. The molecule has 0 radical (unpaired) electrons. The van der Waals surface area contributed by atoms with Crippen LogP contribution in [-0.2, 0) is 0 Å². The number of nitrogens with one attached hydrogen (secondary N) is 1. The molecule has 3 rings (SSSR count). The van der Waals surface area contributed by atoms with E-state index in [4.69, 9.17) is 16.6 Å². The van der Waals surface area contributed by atoms with Gasteiger partial charge in [0.2, 0.25) is 0 Å². The summed E-state index contributed by atoms with van der Waals surface area (Å²) in [4.78, 5) is 0. The average Bonchev–Trinajstić information content (AvgIpc) is 2.91. The van der Waals surface area contributed by atoms with Gasteiger partial charge in [-0.05, 0) is 38.2 Å². The Bertz CT molecular complexity index is 718. The molecule has 0 saturated heterocycles. The molecule has 0 aliphatic heterocycles. The first-order valence-corrected chi connectivity index (χ1v) is 6.23. The molecule has 18 heavy (non-hydrogen) atoms. The largest absolute Gasteiger partial charge is 0.453 e. The molecule has 2 aromatic heterocycles. The fraction of sp³-hybridized carbons (Fsp3) is 0.231. The van der Waals surface area contributed by atoms with Crippen LogP contribution in [0.5, 0.6) is 0 Å². The van der Waals surface area contributed by atoms with E-state index in [1.165, 1.54) is 0 Å². The standard InChI is InChI=1S/C13H13N3OS/c1-8(2)16-12(14-15-13(16)18)11-7-9-5-3-4-6-10(9)17-11/h3-8H,1-2H3,(H,15,18). The molecule has 0 unspecified atom stereocenters. The zero-order chi connectivity index (χ0) is 12.7. The van der Waals surface area contributed by atoms with Crippen molar-refractivity contribution < 1.29 is 4.42 Å². The van der Waals surface area contributed by atoms with Gasteiger partial charge in [-0.3, -0.25) is 9.67 Å². The number of benzene rings is 1. The van der Waals surface area contributed by atoms with E-state index >= 15 is 0 Å². The summed E-state index contributed by atoms with van der Waals surface area (Å²) >= 11 is 5.23. The molecule has 2 heterocycles. The molecule has 0 bridgehead atoms. The van der Waals surface area contributed by atoms with Crippen LogP contribution in [0.15, 0.2) is 34.7 Å². The minimum absolute atomic E-state index is 0.236. The van der Waals surface area contributed by atoms with Crippen LogP contribution in [0, 0.1) is 4.77 Å². The first-order valence-electron chi connectivity index (χ1n) is 5.82. The summed E-state index contributed by atoms with van der Waals surface area (Å²) in [6, 6.07) is 10.1. The molecule has 0 aliphatic rings. The number of rotatable bonds is 2. The van der Waals surface area contributed by atoms with Gasteiger partial charge in [-0.25, -0.2) is 0 Å². The summed E-state index contributed by atoms with van der Waals surface area (Å²) in [5, 5.41) is 8.14. The minimum Gasteiger partial charge on any atom is -0.453 e. The minimum atomic E-state index is 0.236. The van der Waals surface area contributed by atoms with Crippen molar-refractivity contribution in [2.24, 2.45) is 0 Å². The summed E-state index contributed by atoms with van der Waals surface area (Å²) < 4.78 is 8.37. The highest BCUT2D eigenvalue weighted by Gasteiger charge is 2.15. The summed E-state index contributed by atoms with van der Waals surface area (Å²) in [5.74, 6) is 1.48. The molecule has 0 amide bonds. The van der Waals surface area contributed by atoms with E-state index in [-0.39, 0.29) is 6.04 Å². The Morgan fingerprint density at radius 2 is 2.11 bits per heavy atom. The Morgan fingerprint density at radius 1 is 1.33 bits per heavy atom. The van der Waals surface area contributed by atoms with Crippen LogP contribution in [0.4, 0.5) is 0 Å². The third-order valence-electron chi connectivity index (χ3n) is 2.87. The van der Waals surface area contributed by atoms with Crippen LogP contribution in [0.3, 0.4) is 0 Å². The number of fused-ring (bicyclic) bond motifs is 1. The zero-order valence-corrected chi connectivity index (χ0v) is 11.0. The highest BCUT2D eigenvalue weighted by molar-refractivity contribution is 7.71. The lowest BCUT2D eigenvalue weighted by Crippen LogP contribution is -2.02. The number of hydrogen-bond donors (Lipinski definition) is 1. The predicted octanol–water partition coefficient (Wildman–Crippen LogP) is 3.93. The number of aromatic nitrogens is 3. The molecule has 3 aromatic rings.